The van der Waals surface area contributed by atoms with Crippen LogP contribution in [-0.4, -0.2) is 21.1 Å². The molecule has 4 nitrogen and oxygen atoms in total. The van der Waals surface area contributed by atoms with Gasteiger partial charge in [-0.2, -0.15) is 0 Å². The highest BCUT2D eigenvalue weighted by Gasteiger charge is 2.29. The Hall–Kier alpha value is -1.97. The zero-order valence-electron chi connectivity index (χ0n) is 11.6. The third-order valence-electron chi connectivity index (χ3n) is 3.91. The van der Waals surface area contributed by atoms with Crippen LogP contribution in [0.25, 0.3) is 5.57 Å². The van der Waals surface area contributed by atoms with Crippen LogP contribution in [0.5, 0.6) is 17.2 Å². The summed E-state index contributed by atoms with van der Waals surface area (Å²) in [6.07, 6.45) is 4.66. The number of allylic oxidation sites excluding steroid dienone is 1. The van der Waals surface area contributed by atoms with Gasteiger partial charge in [-0.15, -0.1) is 0 Å². The minimum Gasteiger partial charge on any atom is -0.507 e. The molecule has 0 radical (unpaired) electrons. The van der Waals surface area contributed by atoms with Crippen LogP contribution in [0.1, 0.15) is 54.9 Å². The first-order chi connectivity index (χ1) is 9.43. The zero-order chi connectivity index (χ0) is 14.9. The minimum atomic E-state index is -0.374. The van der Waals surface area contributed by atoms with Crippen LogP contribution < -0.4 is 0 Å². The summed E-state index contributed by atoms with van der Waals surface area (Å²) in [6.45, 7) is 5.30. The highest BCUT2D eigenvalue weighted by Crippen LogP contribution is 2.42. The van der Waals surface area contributed by atoms with E-state index in [1.54, 1.807) is 6.92 Å². The topological polar surface area (TPSA) is 77.8 Å². The van der Waals surface area contributed by atoms with Gasteiger partial charge < -0.3 is 15.3 Å². The van der Waals surface area contributed by atoms with Gasteiger partial charge >= 0.3 is 0 Å². The van der Waals surface area contributed by atoms with Crippen molar-refractivity contribution in [3.63, 3.8) is 0 Å². The number of carbonyl (C=O) groups excluding carboxylic acids is 1. The standard InChI is InChI=1S/C16H20O4/c1-9(2)13-11(17)8-12(18)14(16(13)20)15(19)10-6-4-3-5-7-10/h8,10,17-18,20H,1,3-7H2,2H3. The van der Waals surface area contributed by atoms with E-state index < -0.39 is 0 Å². The number of carbonyl (C=O) groups is 1. The number of ketones is 1. The van der Waals surface area contributed by atoms with Crippen molar-refractivity contribution in [2.24, 2.45) is 5.92 Å². The molecule has 0 amide bonds. The van der Waals surface area contributed by atoms with Crippen LogP contribution in [0.4, 0.5) is 0 Å². The fraction of sp³-hybridized carbons (Fsp3) is 0.438. The van der Waals surface area contributed by atoms with Crippen LogP contribution >= 0.6 is 0 Å². The molecule has 108 valence electrons. The lowest BCUT2D eigenvalue weighted by atomic mass is 9.82. The van der Waals surface area contributed by atoms with Gasteiger partial charge in [0.25, 0.3) is 0 Å². The highest BCUT2D eigenvalue weighted by molar-refractivity contribution is 6.04. The van der Waals surface area contributed by atoms with E-state index in [2.05, 4.69) is 6.58 Å². The number of Topliss-reactive ketones (excluding diaryl/α,β-unsaturated/α-hetero) is 1. The molecule has 2 rings (SSSR count). The summed E-state index contributed by atoms with van der Waals surface area (Å²) in [5, 5.41) is 29.9. The molecule has 0 bridgehead atoms. The second-order valence-corrected chi connectivity index (χ2v) is 5.49. The monoisotopic (exact) mass is 276 g/mol. The van der Waals surface area contributed by atoms with Crippen molar-refractivity contribution in [3.05, 3.63) is 23.8 Å². The summed E-state index contributed by atoms with van der Waals surface area (Å²) in [5.74, 6) is -1.43. The number of hydrogen-bond acceptors (Lipinski definition) is 4. The Morgan fingerprint density at radius 2 is 1.65 bits per heavy atom. The van der Waals surface area contributed by atoms with E-state index in [1.165, 1.54) is 0 Å². The largest absolute Gasteiger partial charge is 0.507 e. The Morgan fingerprint density at radius 3 is 2.20 bits per heavy atom. The molecule has 0 saturated heterocycles. The van der Waals surface area contributed by atoms with Crippen LogP contribution in [-0.2, 0) is 0 Å². The predicted octanol–water partition coefficient (Wildman–Crippen LogP) is 3.60. The summed E-state index contributed by atoms with van der Waals surface area (Å²) in [7, 11) is 0. The van der Waals surface area contributed by atoms with Crippen molar-refractivity contribution >= 4 is 11.4 Å². The zero-order valence-corrected chi connectivity index (χ0v) is 11.6. The average Bonchev–Trinajstić information content (AvgIpc) is 2.38. The summed E-state index contributed by atoms with van der Waals surface area (Å²) in [5.41, 5.74) is 0.479. The number of phenols is 3. The van der Waals surface area contributed by atoms with Gasteiger partial charge in [-0.3, -0.25) is 4.79 Å². The van der Waals surface area contributed by atoms with Gasteiger partial charge in [0, 0.05) is 12.0 Å². The second-order valence-electron chi connectivity index (χ2n) is 5.49. The van der Waals surface area contributed by atoms with E-state index in [1.807, 2.05) is 0 Å². The molecule has 0 heterocycles. The summed E-state index contributed by atoms with van der Waals surface area (Å²) in [6, 6.07) is 1.10. The quantitative estimate of drug-likeness (QED) is 0.737. The van der Waals surface area contributed by atoms with Crippen molar-refractivity contribution in [2.45, 2.75) is 39.0 Å². The molecule has 3 N–H and O–H groups in total. The Morgan fingerprint density at radius 1 is 1.10 bits per heavy atom. The third-order valence-corrected chi connectivity index (χ3v) is 3.91. The van der Waals surface area contributed by atoms with Crippen LogP contribution in [0.15, 0.2) is 12.6 Å². The van der Waals surface area contributed by atoms with E-state index >= 15 is 0 Å². The molecule has 1 aliphatic rings. The number of phenolic OH excluding ortho intramolecular Hbond substituents is 3. The first kappa shape index (κ1) is 14.4. The van der Waals surface area contributed by atoms with Crippen LogP contribution in [0.3, 0.4) is 0 Å². The number of rotatable bonds is 3. The number of aromatic hydroxyl groups is 3. The molecule has 1 aromatic rings. The van der Waals surface area contributed by atoms with Gasteiger partial charge in [0.05, 0.1) is 5.56 Å². The SMILES string of the molecule is C=C(C)c1c(O)cc(O)c(C(=O)C2CCCCC2)c1O. The summed E-state index contributed by atoms with van der Waals surface area (Å²) >= 11 is 0. The van der Waals surface area contributed by atoms with Crippen molar-refractivity contribution in [3.8, 4) is 17.2 Å². The summed E-state index contributed by atoms with van der Waals surface area (Å²) in [4.78, 5) is 12.5. The molecule has 1 aliphatic carbocycles. The molecule has 0 aliphatic heterocycles. The van der Waals surface area contributed by atoms with Crippen molar-refractivity contribution < 1.29 is 20.1 Å². The molecule has 0 spiro atoms. The van der Waals surface area contributed by atoms with Crippen molar-refractivity contribution in [1.82, 2.24) is 0 Å². The molecule has 0 aromatic heterocycles. The average molecular weight is 276 g/mol. The van der Waals surface area contributed by atoms with Gasteiger partial charge in [0.2, 0.25) is 0 Å². The first-order valence-electron chi connectivity index (χ1n) is 6.91. The Balaban J connectivity index is 2.47. The molecule has 0 atom stereocenters. The number of benzene rings is 1. The van der Waals surface area contributed by atoms with Crippen LogP contribution in [0.2, 0.25) is 0 Å². The Kier molecular flexibility index (Phi) is 4.02. The van der Waals surface area contributed by atoms with E-state index in [0.717, 1.165) is 38.2 Å². The van der Waals surface area contributed by atoms with E-state index in [0.29, 0.717) is 5.57 Å². The molecule has 1 fully saturated rings. The van der Waals surface area contributed by atoms with Crippen molar-refractivity contribution in [1.29, 1.82) is 0 Å². The third kappa shape index (κ3) is 2.50. The second kappa shape index (κ2) is 5.57. The lowest BCUT2D eigenvalue weighted by Gasteiger charge is -2.22. The van der Waals surface area contributed by atoms with Crippen LogP contribution in [0, 0.1) is 5.92 Å². The maximum Gasteiger partial charge on any atom is 0.173 e. The Labute approximate surface area is 118 Å². The smallest absolute Gasteiger partial charge is 0.173 e. The Bertz CT molecular complexity index is 554. The van der Waals surface area contributed by atoms with E-state index in [-0.39, 0.29) is 40.1 Å². The lowest BCUT2D eigenvalue weighted by Crippen LogP contribution is -2.18. The van der Waals surface area contributed by atoms with Gasteiger partial charge in [0.1, 0.15) is 22.8 Å². The van der Waals surface area contributed by atoms with Gasteiger partial charge in [-0.25, -0.2) is 0 Å². The molecule has 1 saturated carbocycles. The molecular formula is C16H20O4. The molecular weight excluding hydrogens is 256 g/mol. The van der Waals surface area contributed by atoms with Gasteiger partial charge in [-0.05, 0) is 25.3 Å². The maximum absolute atomic E-state index is 12.5. The van der Waals surface area contributed by atoms with E-state index in [9.17, 15) is 20.1 Å². The predicted molar refractivity (Wildman–Crippen MR) is 77.0 cm³/mol. The van der Waals surface area contributed by atoms with Crippen molar-refractivity contribution in [2.75, 3.05) is 0 Å². The fourth-order valence-corrected chi connectivity index (χ4v) is 2.87. The summed E-state index contributed by atoms with van der Waals surface area (Å²) < 4.78 is 0. The lowest BCUT2D eigenvalue weighted by molar-refractivity contribution is 0.0883. The maximum atomic E-state index is 12.5. The van der Waals surface area contributed by atoms with E-state index in [4.69, 9.17) is 0 Å². The molecule has 4 heteroatoms. The normalized spacial score (nSPS) is 16.1. The minimum absolute atomic E-state index is 0.0901. The van der Waals surface area contributed by atoms with Gasteiger partial charge in [0.15, 0.2) is 5.78 Å². The molecule has 20 heavy (non-hydrogen) atoms. The van der Waals surface area contributed by atoms with Gasteiger partial charge in [-0.1, -0.05) is 25.8 Å². The first-order valence-corrected chi connectivity index (χ1v) is 6.91. The molecule has 0 unspecified atom stereocenters. The highest BCUT2D eigenvalue weighted by atomic mass is 16.3. The number of hydrogen-bond donors (Lipinski definition) is 3. The fourth-order valence-electron chi connectivity index (χ4n) is 2.87. The molecule has 1 aromatic carbocycles.